The van der Waals surface area contributed by atoms with Gasteiger partial charge in [0.1, 0.15) is 0 Å². The van der Waals surface area contributed by atoms with Crippen molar-refractivity contribution in [2.75, 3.05) is 0 Å². The predicted molar refractivity (Wildman–Crippen MR) is 286 cm³/mol. The third-order valence-electron chi connectivity index (χ3n) is 14.1. The number of aromatic nitrogens is 3. The van der Waals surface area contributed by atoms with E-state index in [2.05, 4.69) is 4.85 Å². The monoisotopic (exact) mass is 1030 g/mol. The number of fused-ring (bicyclic) bond motifs is 6. The Bertz CT molecular complexity index is 4310. The van der Waals surface area contributed by atoms with E-state index in [1.807, 2.05) is 130 Å². The van der Waals surface area contributed by atoms with E-state index < -0.39 is 40.8 Å². The van der Waals surface area contributed by atoms with E-state index in [1.54, 1.807) is 49.4 Å². The summed E-state index contributed by atoms with van der Waals surface area (Å²) < 4.78 is 135. The van der Waals surface area contributed by atoms with Crippen LogP contribution < -0.4 is 0 Å². The minimum absolute atomic E-state index is 0.0173. The zero-order chi connectivity index (χ0) is 53.5. The molecule has 0 saturated carbocycles. The van der Waals surface area contributed by atoms with Crippen LogP contribution in [0.3, 0.4) is 0 Å². The first-order valence-electron chi connectivity index (χ1n) is 24.2. The number of rotatable bonds is 7. The lowest BCUT2D eigenvalue weighted by Crippen LogP contribution is -2.12. The van der Waals surface area contributed by atoms with Crippen molar-refractivity contribution in [3.8, 4) is 67.3 Å². The highest BCUT2D eigenvalue weighted by atomic mass is 19.4. The SMILES string of the molecule is [C-]#[N+]c1cc(-n2c3ccccc3c3ccc(-c4ccc(C)cc4C(F)(F)F)cc32)c(-n2c3ccccc3c3ccc(-c4ccc(C(F)(F)F)cc4C(F)(F)F)cc32)cc1-c1cc(-c2ccccc2)nc(-c2ccccc2)c1. The molecular formula is C64H37F9N4. The molecule has 9 aromatic carbocycles. The van der Waals surface area contributed by atoms with E-state index in [0.29, 0.717) is 83.7 Å². The number of nitrogens with zero attached hydrogens (tertiary/aromatic N) is 4. The molecule has 12 aromatic rings. The fourth-order valence-corrected chi connectivity index (χ4v) is 10.6. The zero-order valence-corrected chi connectivity index (χ0v) is 40.3. The molecule has 77 heavy (non-hydrogen) atoms. The van der Waals surface area contributed by atoms with Crippen molar-refractivity contribution in [1.82, 2.24) is 14.1 Å². The molecule has 0 aliphatic carbocycles. The molecule has 0 bridgehead atoms. The van der Waals surface area contributed by atoms with Gasteiger partial charge in [-0.2, -0.15) is 39.5 Å². The Morgan fingerprint density at radius 1 is 0.377 bits per heavy atom. The minimum Gasteiger partial charge on any atom is -0.308 e. The van der Waals surface area contributed by atoms with Gasteiger partial charge < -0.3 is 9.13 Å². The molecule has 4 nitrogen and oxygen atoms in total. The smallest absolute Gasteiger partial charge is 0.308 e. The van der Waals surface area contributed by atoms with Gasteiger partial charge in [0.2, 0.25) is 0 Å². The Hall–Kier alpha value is -9.41. The van der Waals surface area contributed by atoms with Crippen LogP contribution in [0.15, 0.2) is 206 Å². The summed E-state index contributed by atoms with van der Waals surface area (Å²) in [5, 5.41) is 2.71. The van der Waals surface area contributed by atoms with Crippen LogP contribution in [0.1, 0.15) is 22.3 Å². The van der Waals surface area contributed by atoms with Gasteiger partial charge in [-0.15, -0.1) is 0 Å². The number of pyridine rings is 1. The molecule has 0 amide bonds. The predicted octanol–water partition coefficient (Wildman–Crippen LogP) is 19.5. The van der Waals surface area contributed by atoms with Crippen molar-refractivity contribution >= 4 is 49.3 Å². The summed E-state index contributed by atoms with van der Waals surface area (Å²) in [4.78, 5) is 9.22. The van der Waals surface area contributed by atoms with Crippen molar-refractivity contribution in [3.63, 3.8) is 0 Å². The number of alkyl halides is 9. The highest BCUT2D eigenvalue weighted by Crippen LogP contribution is 2.48. The third-order valence-corrected chi connectivity index (χ3v) is 14.1. The van der Waals surface area contributed by atoms with Gasteiger partial charge in [-0.25, -0.2) is 9.83 Å². The van der Waals surface area contributed by atoms with Gasteiger partial charge in [0.25, 0.3) is 0 Å². The molecule has 376 valence electrons. The molecule has 0 N–H and O–H groups in total. The van der Waals surface area contributed by atoms with E-state index in [9.17, 15) is 39.5 Å². The molecule has 0 aliphatic rings. The standard InChI is InChI=1S/C64H37F9N4/c1-37-21-25-44(51(29-37)63(68,69)70)40-22-26-49-47-18-10-12-20-57(47)77(59(49)32-40)61-36-55(74-2)50(42-30-53(38-13-5-3-6-14-38)75-54(31-42)39-15-7-4-8-16-39)35-60(61)76-56-19-11-9-17-46(56)48-27-23-41(33-58(48)76)45-28-24-43(62(65,66)67)34-52(45)64(71,72)73/h3-36H,1H3. The van der Waals surface area contributed by atoms with E-state index in [4.69, 9.17) is 11.6 Å². The zero-order valence-electron chi connectivity index (χ0n) is 40.3. The Labute approximate surface area is 434 Å². The van der Waals surface area contributed by atoms with Crippen LogP contribution >= 0.6 is 0 Å². The normalized spacial score (nSPS) is 12.3. The van der Waals surface area contributed by atoms with Crippen molar-refractivity contribution < 1.29 is 39.5 Å². The molecule has 0 fully saturated rings. The Kier molecular flexibility index (Phi) is 11.4. The number of benzene rings is 9. The maximum Gasteiger partial charge on any atom is 0.417 e. The van der Waals surface area contributed by atoms with Gasteiger partial charge in [0, 0.05) is 32.7 Å². The summed E-state index contributed by atoms with van der Waals surface area (Å²) in [7, 11) is 0. The second-order valence-corrected chi connectivity index (χ2v) is 18.8. The Balaban J connectivity index is 1.22. The van der Waals surface area contributed by atoms with Crippen molar-refractivity contribution in [2.45, 2.75) is 25.5 Å². The largest absolute Gasteiger partial charge is 0.417 e. The van der Waals surface area contributed by atoms with E-state index in [0.717, 1.165) is 28.6 Å². The van der Waals surface area contributed by atoms with Crippen molar-refractivity contribution in [2.24, 2.45) is 0 Å². The second kappa shape index (κ2) is 18.2. The van der Waals surface area contributed by atoms with Crippen molar-refractivity contribution in [3.05, 3.63) is 240 Å². The van der Waals surface area contributed by atoms with Crippen LogP contribution in [0.25, 0.3) is 116 Å². The third kappa shape index (κ3) is 8.52. The van der Waals surface area contributed by atoms with Gasteiger partial charge in [-0.1, -0.05) is 145 Å². The van der Waals surface area contributed by atoms with Crippen LogP contribution in [0.2, 0.25) is 0 Å². The summed E-state index contributed by atoms with van der Waals surface area (Å²) in [6.45, 7) is 10.4. The molecule has 13 heteroatoms. The molecule has 0 spiro atoms. The van der Waals surface area contributed by atoms with Crippen LogP contribution in [-0.4, -0.2) is 14.1 Å². The summed E-state index contributed by atoms with van der Waals surface area (Å²) >= 11 is 0. The average molecular weight is 1030 g/mol. The number of halogens is 9. The van der Waals surface area contributed by atoms with Gasteiger partial charge in [0.15, 0.2) is 5.69 Å². The quantitative estimate of drug-likeness (QED) is 0.115. The first kappa shape index (κ1) is 48.5. The molecular weight excluding hydrogens is 996 g/mol. The molecule has 0 saturated heterocycles. The first-order valence-corrected chi connectivity index (χ1v) is 24.2. The topological polar surface area (TPSA) is 27.1 Å². The number of aryl methyl sites for hydroxylation is 1. The van der Waals surface area contributed by atoms with Crippen LogP contribution in [0.4, 0.5) is 45.2 Å². The molecule has 0 aliphatic heterocycles. The van der Waals surface area contributed by atoms with Crippen LogP contribution in [0.5, 0.6) is 0 Å². The highest BCUT2D eigenvalue weighted by molar-refractivity contribution is 6.13. The van der Waals surface area contributed by atoms with Crippen molar-refractivity contribution in [1.29, 1.82) is 0 Å². The number of para-hydroxylation sites is 2. The Morgan fingerprint density at radius 2 is 0.831 bits per heavy atom. The van der Waals surface area contributed by atoms with E-state index >= 15 is 0 Å². The minimum atomic E-state index is -5.17. The summed E-state index contributed by atoms with van der Waals surface area (Å²) in [5.74, 6) is 0. The summed E-state index contributed by atoms with van der Waals surface area (Å²) in [6.07, 6.45) is -14.9. The first-order chi connectivity index (χ1) is 36.9. The molecule has 0 unspecified atom stereocenters. The Morgan fingerprint density at radius 3 is 1.32 bits per heavy atom. The van der Waals surface area contributed by atoms with Gasteiger partial charge in [-0.05, 0) is 107 Å². The van der Waals surface area contributed by atoms with E-state index in [-0.39, 0.29) is 28.4 Å². The highest BCUT2D eigenvalue weighted by Gasteiger charge is 2.39. The molecule has 3 heterocycles. The lowest BCUT2D eigenvalue weighted by Gasteiger charge is -2.21. The molecule has 3 aromatic heterocycles. The molecule has 0 radical (unpaired) electrons. The van der Waals surface area contributed by atoms with Gasteiger partial charge >= 0.3 is 18.5 Å². The van der Waals surface area contributed by atoms with Gasteiger partial charge in [-0.3, -0.25) is 0 Å². The summed E-state index contributed by atoms with van der Waals surface area (Å²) in [5.41, 5.74) is 3.37. The molecule has 0 atom stereocenters. The second-order valence-electron chi connectivity index (χ2n) is 18.8. The maximum atomic E-state index is 14.9. The lowest BCUT2D eigenvalue weighted by molar-refractivity contribution is -0.143. The van der Waals surface area contributed by atoms with Gasteiger partial charge in [0.05, 0.1) is 68.1 Å². The lowest BCUT2D eigenvalue weighted by atomic mass is 9.95. The fraction of sp³-hybridized carbons (Fsp3) is 0.0625. The summed E-state index contributed by atoms with van der Waals surface area (Å²) in [6, 6.07) is 56.6. The van der Waals surface area contributed by atoms with Crippen LogP contribution in [-0.2, 0) is 18.5 Å². The van der Waals surface area contributed by atoms with Crippen LogP contribution in [0, 0.1) is 13.5 Å². The van der Waals surface area contributed by atoms with E-state index in [1.165, 1.54) is 18.2 Å². The molecule has 12 rings (SSSR count). The maximum absolute atomic E-state index is 14.9. The average Bonchev–Trinajstić information content (AvgIpc) is 4.13. The number of hydrogen-bond acceptors (Lipinski definition) is 1. The fourth-order valence-electron chi connectivity index (χ4n) is 10.6. The number of hydrogen-bond donors (Lipinski definition) is 0.